The van der Waals surface area contributed by atoms with Gasteiger partial charge >= 0.3 is 0 Å². The number of fused-ring (bicyclic) bond motifs is 1. The number of pyridine rings is 2. The molecule has 5 nitrogen and oxygen atoms in total. The second-order valence-corrected chi connectivity index (χ2v) is 5.77. The van der Waals surface area contributed by atoms with Crippen molar-refractivity contribution in [2.75, 3.05) is 0 Å². The average molecular weight is 341 g/mol. The van der Waals surface area contributed by atoms with Gasteiger partial charge in [-0.1, -0.05) is 30.3 Å². The van der Waals surface area contributed by atoms with Crippen molar-refractivity contribution in [1.29, 1.82) is 0 Å². The van der Waals surface area contributed by atoms with Crippen LogP contribution in [0.25, 0.3) is 22.0 Å². The van der Waals surface area contributed by atoms with Crippen LogP contribution >= 0.6 is 0 Å². The van der Waals surface area contributed by atoms with E-state index in [4.69, 9.17) is 0 Å². The number of phenolic OH excluding ortho intramolecular Hbond substituents is 1. The molecule has 26 heavy (non-hydrogen) atoms. The van der Waals surface area contributed by atoms with Gasteiger partial charge in [0.1, 0.15) is 5.75 Å². The predicted molar refractivity (Wildman–Crippen MR) is 103 cm³/mol. The summed E-state index contributed by atoms with van der Waals surface area (Å²) in [4.78, 5) is 23.6. The highest BCUT2D eigenvalue weighted by Crippen LogP contribution is 2.33. The van der Waals surface area contributed by atoms with Gasteiger partial charge in [-0.3, -0.25) is 9.79 Å². The predicted octanol–water partition coefficient (Wildman–Crippen LogP) is 4.05. The first kappa shape index (κ1) is 15.8. The van der Waals surface area contributed by atoms with E-state index < -0.39 is 0 Å². The van der Waals surface area contributed by atoms with E-state index in [0.717, 1.165) is 5.39 Å². The second kappa shape index (κ2) is 6.64. The molecule has 4 rings (SSSR count). The van der Waals surface area contributed by atoms with Crippen molar-refractivity contribution in [2.45, 2.75) is 0 Å². The Hall–Kier alpha value is -3.73. The summed E-state index contributed by atoms with van der Waals surface area (Å²) >= 11 is 0. The third kappa shape index (κ3) is 2.98. The normalized spacial score (nSPS) is 11.2. The summed E-state index contributed by atoms with van der Waals surface area (Å²) in [5.41, 5.74) is 2.18. The summed E-state index contributed by atoms with van der Waals surface area (Å²) in [5, 5.41) is 11.8. The van der Waals surface area contributed by atoms with Crippen molar-refractivity contribution in [3.63, 3.8) is 0 Å². The summed E-state index contributed by atoms with van der Waals surface area (Å²) in [7, 11) is 0. The molecular formula is C21H15N3O2. The molecule has 0 saturated heterocycles. The number of aromatic amines is 1. The highest BCUT2D eigenvalue weighted by molar-refractivity contribution is 5.99. The third-order valence-corrected chi connectivity index (χ3v) is 4.06. The van der Waals surface area contributed by atoms with Gasteiger partial charge in [-0.2, -0.15) is 0 Å². The molecule has 0 aliphatic carbocycles. The number of rotatable bonds is 3. The van der Waals surface area contributed by atoms with Crippen molar-refractivity contribution in [3.05, 3.63) is 89.0 Å². The van der Waals surface area contributed by atoms with E-state index >= 15 is 0 Å². The highest BCUT2D eigenvalue weighted by atomic mass is 16.3. The maximum Gasteiger partial charge on any atom is 0.257 e. The number of aromatic nitrogens is 2. The topological polar surface area (TPSA) is 78.3 Å². The standard InChI is InChI=1S/C21H15N3O2/c25-19-11-2-6-14-5-1-10-18(20(14)19)23-13-15-7-3-9-17(24-15)16-8-4-12-22-21(16)26/h1-13,25H,(H,22,26). The van der Waals surface area contributed by atoms with Crippen molar-refractivity contribution in [2.24, 2.45) is 4.99 Å². The molecule has 0 saturated carbocycles. The molecule has 2 aromatic heterocycles. The van der Waals surface area contributed by atoms with Crippen LogP contribution in [0.1, 0.15) is 5.69 Å². The Bertz CT molecular complexity index is 1170. The molecule has 2 heterocycles. The number of benzene rings is 2. The average Bonchev–Trinajstić information content (AvgIpc) is 2.67. The highest BCUT2D eigenvalue weighted by Gasteiger charge is 2.06. The number of nitrogens with zero attached hydrogens (tertiary/aromatic N) is 2. The Kier molecular flexibility index (Phi) is 4.03. The molecule has 0 aliphatic heterocycles. The van der Waals surface area contributed by atoms with E-state index in [1.807, 2.05) is 36.4 Å². The molecule has 0 spiro atoms. The van der Waals surface area contributed by atoms with Gasteiger partial charge in [0, 0.05) is 11.6 Å². The number of hydrogen-bond acceptors (Lipinski definition) is 4. The van der Waals surface area contributed by atoms with Crippen LogP contribution < -0.4 is 5.56 Å². The summed E-state index contributed by atoms with van der Waals surface area (Å²) in [6.07, 6.45) is 3.21. The Balaban J connectivity index is 1.74. The minimum Gasteiger partial charge on any atom is -0.507 e. The van der Waals surface area contributed by atoms with Gasteiger partial charge in [0.25, 0.3) is 5.56 Å². The molecule has 0 amide bonds. The number of phenols is 1. The zero-order valence-corrected chi connectivity index (χ0v) is 13.8. The maximum atomic E-state index is 11.9. The summed E-state index contributed by atoms with van der Waals surface area (Å²) in [5.74, 6) is 0.188. The maximum absolute atomic E-state index is 11.9. The number of H-pyrrole nitrogens is 1. The number of hydrogen-bond donors (Lipinski definition) is 2. The van der Waals surface area contributed by atoms with E-state index in [2.05, 4.69) is 15.0 Å². The number of aromatic hydroxyl groups is 1. The lowest BCUT2D eigenvalue weighted by molar-refractivity contribution is 0.482. The van der Waals surface area contributed by atoms with E-state index in [1.54, 1.807) is 42.7 Å². The molecule has 126 valence electrons. The van der Waals surface area contributed by atoms with Crippen LogP contribution in [0.2, 0.25) is 0 Å². The molecule has 4 aromatic rings. The van der Waals surface area contributed by atoms with Gasteiger partial charge < -0.3 is 10.1 Å². The Labute approximate surface area is 149 Å². The van der Waals surface area contributed by atoms with Crippen LogP contribution in [-0.4, -0.2) is 21.3 Å². The zero-order chi connectivity index (χ0) is 17.9. The lowest BCUT2D eigenvalue weighted by Gasteiger charge is -2.04. The number of nitrogens with one attached hydrogen (secondary N) is 1. The van der Waals surface area contributed by atoms with Crippen LogP contribution in [0, 0.1) is 0 Å². The van der Waals surface area contributed by atoms with Crippen molar-refractivity contribution in [1.82, 2.24) is 9.97 Å². The molecule has 2 aromatic carbocycles. The van der Waals surface area contributed by atoms with Crippen molar-refractivity contribution >= 4 is 22.7 Å². The molecular weight excluding hydrogens is 326 g/mol. The molecule has 5 heteroatoms. The molecule has 0 fully saturated rings. The lowest BCUT2D eigenvalue weighted by Crippen LogP contribution is -2.08. The molecule has 0 atom stereocenters. The monoisotopic (exact) mass is 341 g/mol. The van der Waals surface area contributed by atoms with E-state index in [-0.39, 0.29) is 11.3 Å². The van der Waals surface area contributed by atoms with Crippen LogP contribution in [0.5, 0.6) is 5.75 Å². The van der Waals surface area contributed by atoms with E-state index in [1.165, 1.54) is 0 Å². The first-order valence-electron chi connectivity index (χ1n) is 8.12. The summed E-state index contributed by atoms with van der Waals surface area (Å²) < 4.78 is 0. The minimum absolute atomic E-state index is 0.187. The fourth-order valence-electron chi connectivity index (χ4n) is 2.84. The minimum atomic E-state index is -0.187. The van der Waals surface area contributed by atoms with Crippen molar-refractivity contribution in [3.8, 4) is 17.0 Å². The fourth-order valence-corrected chi connectivity index (χ4v) is 2.84. The van der Waals surface area contributed by atoms with Gasteiger partial charge in [0.2, 0.25) is 0 Å². The third-order valence-electron chi connectivity index (χ3n) is 4.06. The molecule has 2 N–H and O–H groups in total. The van der Waals surface area contributed by atoms with E-state index in [9.17, 15) is 9.90 Å². The largest absolute Gasteiger partial charge is 0.507 e. The Morgan fingerprint density at radius 1 is 0.962 bits per heavy atom. The Morgan fingerprint density at radius 3 is 2.62 bits per heavy atom. The van der Waals surface area contributed by atoms with Crippen LogP contribution in [-0.2, 0) is 0 Å². The molecule has 0 aliphatic rings. The lowest BCUT2D eigenvalue weighted by atomic mass is 10.1. The SMILES string of the molecule is O=c1[nH]cccc1-c1cccc(C=Nc2cccc3cccc(O)c23)n1. The summed E-state index contributed by atoms with van der Waals surface area (Å²) in [6.45, 7) is 0. The smallest absolute Gasteiger partial charge is 0.257 e. The van der Waals surface area contributed by atoms with Gasteiger partial charge in [-0.25, -0.2) is 4.98 Å². The first-order valence-corrected chi connectivity index (χ1v) is 8.12. The summed E-state index contributed by atoms with van der Waals surface area (Å²) in [6, 6.07) is 19.9. The van der Waals surface area contributed by atoms with Gasteiger partial charge in [-0.15, -0.1) is 0 Å². The molecule has 0 radical (unpaired) electrons. The van der Waals surface area contributed by atoms with Crippen molar-refractivity contribution < 1.29 is 5.11 Å². The zero-order valence-electron chi connectivity index (χ0n) is 13.8. The van der Waals surface area contributed by atoms with Crippen LogP contribution in [0.4, 0.5) is 5.69 Å². The number of aliphatic imine (C=N–C) groups is 1. The van der Waals surface area contributed by atoms with Gasteiger partial charge in [-0.05, 0) is 41.8 Å². The van der Waals surface area contributed by atoms with E-state index in [0.29, 0.717) is 28.0 Å². The van der Waals surface area contributed by atoms with Crippen LogP contribution in [0.15, 0.2) is 82.7 Å². The quantitative estimate of drug-likeness (QED) is 0.552. The fraction of sp³-hybridized carbons (Fsp3) is 0. The molecule has 0 unspecified atom stereocenters. The van der Waals surface area contributed by atoms with Gasteiger partial charge in [0.15, 0.2) is 0 Å². The Morgan fingerprint density at radius 2 is 1.77 bits per heavy atom. The molecule has 0 bridgehead atoms. The van der Waals surface area contributed by atoms with Crippen LogP contribution in [0.3, 0.4) is 0 Å². The second-order valence-electron chi connectivity index (χ2n) is 5.77. The first-order chi connectivity index (χ1) is 12.7. The van der Waals surface area contributed by atoms with Gasteiger partial charge in [0.05, 0.1) is 28.9 Å².